The fraction of sp³-hybridized carbons (Fsp3) is 0.333. The lowest BCUT2D eigenvalue weighted by Gasteiger charge is -2.13. The topological polar surface area (TPSA) is 84.9 Å². The first-order valence-corrected chi connectivity index (χ1v) is 5.61. The lowest BCUT2D eigenvalue weighted by atomic mass is 10.2. The Balaban J connectivity index is 2.96. The highest BCUT2D eigenvalue weighted by molar-refractivity contribution is 6.04. The summed E-state index contributed by atoms with van der Waals surface area (Å²) in [6.07, 6.45) is -3.50. The van der Waals surface area contributed by atoms with Crippen LogP contribution in [0.25, 0.3) is 0 Å². The van der Waals surface area contributed by atoms with Gasteiger partial charge < -0.3 is 5.32 Å². The number of nitriles is 1. The molecule has 0 saturated carbocycles. The van der Waals surface area contributed by atoms with Gasteiger partial charge in [-0.25, -0.2) is 9.98 Å². The molecule has 106 valence electrons. The molecule has 0 saturated heterocycles. The largest absolute Gasteiger partial charge is 0.450 e. The first-order chi connectivity index (χ1) is 9.24. The maximum absolute atomic E-state index is 12.3. The quantitative estimate of drug-likeness (QED) is 0.646. The second-order valence-electron chi connectivity index (χ2n) is 4.17. The third-order valence-corrected chi connectivity index (χ3v) is 2.20. The van der Waals surface area contributed by atoms with Gasteiger partial charge in [0.25, 0.3) is 0 Å². The van der Waals surface area contributed by atoms with Crippen molar-refractivity contribution >= 4 is 17.5 Å². The minimum atomic E-state index is -4.79. The molecule has 1 rings (SSSR count). The van der Waals surface area contributed by atoms with Gasteiger partial charge in [-0.3, -0.25) is 5.41 Å². The number of aliphatic imine (C=N–C) groups is 1. The highest BCUT2D eigenvalue weighted by atomic mass is 19.4. The summed E-state index contributed by atoms with van der Waals surface area (Å²) < 4.78 is 36.9. The van der Waals surface area contributed by atoms with Gasteiger partial charge in [-0.1, -0.05) is 13.8 Å². The second kappa shape index (κ2) is 6.14. The first-order valence-electron chi connectivity index (χ1n) is 5.61. The number of hydrogen-bond donors (Lipinski definition) is 2. The molecule has 8 heteroatoms. The van der Waals surface area contributed by atoms with E-state index >= 15 is 0 Å². The number of amidine groups is 2. The van der Waals surface area contributed by atoms with E-state index in [2.05, 4.69) is 15.3 Å². The summed E-state index contributed by atoms with van der Waals surface area (Å²) in [5, 5.41) is 18.1. The predicted octanol–water partition coefficient (Wildman–Crippen LogP) is 2.96. The summed E-state index contributed by atoms with van der Waals surface area (Å²) in [6, 6.07) is 4.81. The monoisotopic (exact) mass is 283 g/mol. The molecule has 2 N–H and O–H groups in total. The van der Waals surface area contributed by atoms with Crippen molar-refractivity contribution in [3.05, 3.63) is 23.9 Å². The maximum Gasteiger partial charge on any atom is 0.450 e. The van der Waals surface area contributed by atoms with Crippen molar-refractivity contribution in [2.75, 3.05) is 5.32 Å². The molecule has 20 heavy (non-hydrogen) atoms. The minimum absolute atomic E-state index is 0.0236. The normalized spacial score (nSPS) is 12.2. The standard InChI is InChI=1S/C12H12F3N5/c1-7(2)10(20-11(17)12(13,14)15)19-9-4-3-8(5-16)6-18-9/h3-4,6-7H,1-2H3,(H2,17,18,19,20). The lowest BCUT2D eigenvalue weighted by molar-refractivity contribution is -0.0604. The van der Waals surface area contributed by atoms with E-state index in [1.165, 1.54) is 18.3 Å². The zero-order valence-corrected chi connectivity index (χ0v) is 10.8. The number of anilines is 1. The van der Waals surface area contributed by atoms with Crippen LogP contribution < -0.4 is 5.32 Å². The Morgan fingerprint density at radius 1 is 1.45 bits per heavy atom. The Morgan fingerprint density at radius 3 is 2.50 bits per heavy atom. The third kappa shape index (κ3) is 4.35. The van der Waals surface area contributed by atoms with E-state index in [1.807, 2.05) is 6.07 Å². The average Bonchev–Trinajstić information content (AvgIpc) is 2.37. The third-order valence-electron chi connectivity index (χ3n) is 2.20. The fourth-order valence-corrected chi connectivity index (χ4v) is 1.15. The highest BCUT2D eigenvalue weighted by Gasteiger charge is 2.35. The van der Waals surface area contributed by atoms with E-state index in [-0.39, 0.29) is 17.6 Å². The van der Waals surface area contributed by atoms with Crippen molar-refractivity contribution < 1.29 is 13.2 Å². The van der Waals surface area contributed by atoms with Crippen molar-refractivity contribution in [2.24, 2.45) is 10.9 Å². The van der Waals surface area contributed by atoms with Crippen molar-refractivity contribution in [1.29, 1.82) is 10.7 Å². The van der Waals surface area contributed by atoms with Crippen molar-refractivity contribution in [1.82, 2.24) is 4.98 Å². The SMILES string of the molecule is CC(C)/C(=N/C(=N)C(F)(F)F)Nc1ccc(C#N)cn1. The van der Waals surface area contributed by atoms with Crippen LogP contribution in [0.3, 0.4) is 0 Å². The molecule has 0 aliphatic carbocycles. The molecule has 5 nitrogen and oxygen atoms in total. The van der Waals surface area contributed by atoms with E-state index in [0.29, 0.717) is 5.56 Å². The van der Waals surface area contributed by atoms with Gasteiger partial charge in [0.15, 0.2) is 0 Å². The number of rotatable bonds is 2. The van der Waals surface area contributed by atoms with Crippen LogP contribution in [0, 0.1) is 22.7 Å². The van der Waals surface area contributed by atoms with Crippen LogP contribution in [-0.2, 0) is 0 Å². The molecule has 1 heterocycles. The van der Waals surface area contributed by atoms with Gasteiger partial charge in [-0.15, -0.1) is 0 Å². The van der Waals surface area contributed by atoms with E-state index < -0.39 is 12.0 Å². The molecular formula is C12H12F3N5. The van der Waals surface area contributed by atoms with Gasteiger partial charge in [0.05, 0.1) is 5.56 Å². The van der Waals surface area contributed by atoms with E-state index in [0.717, 1.165) is 0 Å². The lowest BCUT2D eigenvalue weighted by Crippen LogP contribution is -2.26. The van der Waals surface area contributed by atoms with E-state index in [1.54, 1.807) is 13.8 Å². The van der Waals surface area contributed by atoms with Crippen LogP contribution in [0.15, 0.2) is 23.3 Å². The molecule has 1 aromatic heterocycles. The zero-order valence-electron chi connectivity index (χ0n) is 10.8. The molecule has 0 aliphatic rings. The van der Waals surface area contributed by atoms with Gasteiger partial charge in [0, 0.05) is 12.1 Å². The van der Waals surface area contributed by atoms with Crippen molar-refractivity contribution in [3.8, 4) is 6.07 Å². The summed E-state index contributed by atoms with van der Waals surface area (Å²) in [4.78, 5) is 7.12. The van der Waals surface area contributed by atoms with Crippen LogP contribution in [-0.4, -0.2) is 22.8 Å². The Morgan fingerprint density at radius 2 is 2.10 bits per heavy atom. The number of nitrogens with one attached hydrogen (secondary N) is 2. The molecule has 0 aliphatic heterocycles. The molecule has 0 radical (unpaired) electrons. The molecule has 0 fully saturated rings. The van der Waals surface area contributed by atoms with E-state index in [9.17, 15) is 13.2 Å². The van der Waals surface area contributed by atoms with Crippen molar-refractivity contribution in [3.63, 3.8) is 0 Å². The Bertz CT molecular complexity index is 552. The van der Waals surface area contributed by atoms with Gasteiger partial charge in [0.2, 0.25) is 5.84 Å². The zero-order chi connectivity index (χ0) is 15.3. The van der Waals surface area contributed by atoms with Crippen molar-refractivity contribution in [2.45, 2.75) is 20.0 Å². The number of alkyl halides is 3. The summed E-state index contributed by atoms with van der Waals surface area (Å²) in [7, 11) is 0. The Hall–Kier alpha value is -2.43. The van der Waals surface area contributed by atoms with Crippen LogP contribution in [0.2, 0.25) is 0 Å². The van der Waals surface area contributed by atoms with E-state index in [4.69, 9.17) is 10.7 Å². The first kappa shape index (κ1) is 15.6. The highest BCUT2D eigenvalue weighted by Crippen LogP contribution is 2.18. The molecule has 0 atom stereocenters. The Labute approximate surface area is 113 Å². The van der Waals surface area contributed by atoms with Gasteiger partial charge in [-0.05, 0) is 12.1 Å². The number of halogens is 3. The number of nitrogens with zero attached hydrogens (tertiary/aromatic N) is 3. The van der Waals surface area contributed by atoms with Gasteiger partial charge >= 0.3 is 6.18 Å². The fourth-order valence-electron chi connectivity index (χ4n) is 1.15. The molecule has 0 spiro atoms. The molecule has 0 aromatic carbocycles. The summed E-state index contributed by atoms with van der Waals surface area (Å²) >= 11 is 0. The average molecular weight is 283 g/mol. The number of aromatic nitrogens is 1. The summed E-state index contributed by atoms with van der Waals surface area (Å²) in [5.41, 5.74) is 0.335. The van der Waals surface area contributed by atoms with Crippen LogP contribution in [0.4, 0.5) is 19.0 Å². The number of pyridine rings is 1. The molecule has 0 bridgehead atoms. The second-order valence-corrected chi connectivity index (χ2v) is 4.17. The maximum atomic E-state index is 12.3. The van der Waals surface area contributed by atoms with Crippen LogP contribution >= 0.6 is 0 Å². The minimum Gasteiger partial charge on any atom is -0.328 e. The molecule has 0 amide bonds. The summed E-state index contributed by atoms with van der Waals surface area (Å²) in [5.74, 6) is -1.80. The molecule has 1 aromatic rings. The summed E-state index contributed by atoms with van der Waals surface area (Å²) in [6.45, 7) is 3.28. The smallest absolute Gasteiger partial charge is 0.328 e. The van der Waals surface area contributed by atoms with Crippen LogP contribution in [0.5, 0.6) is 0 Å². The Kier molecular flexibility index (Phi) is 4.80. The van der Waals surface area contributed by atoms with Crippen LogP contribution in [0.1, 0.15) is 19.4 Å². The number of hydrogen-bond acceptors (Lipinski definition) is 3. The van der Waals surface area contributed by atoms with Gasteiger partial charge in [0.1, 0.15) is 17.7 Å². The predicted molar refractivity (Wildman–Crippen MR) is 68.6 cm³/mol. The molecule has 0 unspecified atom stereocenters. The molecular weight excluding hydrogens is 271 g/mol. The van der Waals surface area contributed by atoms with Gasteiger partial charge in [-0.2, -0.15) is 18.4 Å².